The topological polar surface area (TPSA) is 126 Å². The van der Waals surface area contributed by atoms with Gasteiger partial charge in [-0.05, 0) is 60.9 Å². The second-order valence-corrected chi connectivity index (χ2v) is 9.90. The molecule has 5 heterocycles. The number of carbonyl (C=O) groups excluding carboxylic acids is 2. The molecule has 2 amide bonds. The van der Waals surface area contributed by atoms with Crippen LogP contribution in [-0.4, -0.2) is 59.2 Å². The first-order chi connectivity index (χ1) is 17.4. The Labute approximate surface area is 209 Å². The van der Waals surface area contributed by atoms with Crippen molar-refractivity contribution in [2.45, 2.75) is 65.1 Å². The fourth-order valence-electron chi connectivity index (χ4n) is 4.82. The zero-order valence-corrected chi connectivity index (χ0v) is 20.6. The second-order valence-electron chi connectivity index (χ2n) is 9.90. The van der Waals surface area contributed by atoms with Gasteiger partial charge in [0, 0.05) is 32.3 Å². The molecule has 2 aliphatic rings. The summed E-state index contributed by atoms with van der Waals surface area (Å²) >= 11 is 0. The first-order valence-corrected chi connectivity index (χ1v) is 12.5. The van der Waals surface area contributed by atoms with Gasteiger partial charge in [-0.1, -0.05) is 19.9 Å². The molecule has 0 saturated heterocycles. The summed E-state index contributed by atoms with van der Waals surface area (Å²) in [5, 5.41) is 21.7. The van der Waals surface area contributed by atoms with Crippen LogP contribution in [0.25, 0.3) is 11.5 Å². The molecule has 0 bridgehead atoms. The van der Waals surface area contributed by atoms with E-state index in [1.54, 1.807) is 23.2 Å². The Bertz CT molecular complexity index is 1290. The molecule has 2 aliphatic heterocycles. The third kappa shape index (κ3) is 4.99. The fourth-order valence-corrected chi connectivity index (χ4v) is 4.82. The molecule has 188 valence electrons. The van der Waals surface area contributed by atoms with Crippen molar-refractivity contribution in [3.8, 4) is 11.5 Å². The number of aliphatic hydroxyl groups excluding tert-OH is 1. The Balaban J connectivity index is 1.30. The van der Waals surface area contributed by atoms with E-state index < -0.39 is 6.10 Å². The van der Waals surface area contributed by atoms with E-state index in [1.165, 1.54) is 0 Å². The van der Waals surface area contributed by atoms with Gasteiger partial charge in [-0.15, -0.1) is 10.2 Å². The van der Waals surface area contributed by atoms with Crippen LogP contribution in [-0.2, 0) is 30.7 Å². The lowest BCUT2D eigenvalue weighted by Crippen LogP contribution is -2.42. The number of aryl methyl sites for hydroxylation is 1. The van der Waals surface area contributed by atoms with Crippen LogP contribution in [0.15, 0.2) is 30.5 Å². The van der Waals surface area contributed by atoms with Gasteiger partial charge < -0.3 is 19.9 Å². The van der Waals surface area contributed by atoms with Gasteiger partial charge >= 0.3 is 0 Å². The molecule has 1 atom stereocenters. The van der Waals surface area contributed by atoms with Gasteiger partial charge in [0.15, 0.2) is 5.82 Å². The largest absolute Gasteiger partial charge is 0.383 e. The van der Waals surface area contributed by atoms with Crippen LogP contribution in [0.3, 0.4) is 0 Å². The van der Waals surface area contributed by atoms with Crippen LogP contribution < -0.4 is 5.32 Å². The Morgan fingerprint density at radius 1 is 1.11 bits per heavy atom. The summed E-state index contributed by atoms with van der Waals surface area (Å²) in [5.41, 5.74) is 2.77. The van der Waals surface area contributed by atoms with E-state index in [-0.39, 0.29) is 23.4 Å². The number of aromatic nitrogens is 5. The second kappa shape index (κ2) is 10.1. The van der Waals surface area contributed by atoms with Gasteiger partial charge in [0.25, 0.3) is 11.8 Å². The third-order valence-electron chi connectivity index (χ3n) is 6.70. The molecule has 3 aromatic heterocycles. The zero-order chi connectivity index (χ0) is 25.2. The summed E-state index contributed by atoms with van der Waals surface area (Å²) in [6.45, 7) is 5.68. The van der Waals surface area contributed by atoms with Crippen LogP contribution in [0.4, 0.5) is 5.82 Å². The molecule has 0 spiro atoms. The maximum absolute atomic E-state index is 13.0. The van der Waals surface area contributed by atoms with Gasteiger partial charge in [-0.2, -0.15) is 0 Å². The number of hydrogen-bond donors (Lipinski definition) is 2. The molecule has 0 fully saturated rings. The molecule has 36 heavy (non-hydrogen) atoms. The van der Waals surface area contributed by atoms with E-state index in [9.17, 15) is 14.7 Å². The van der Waals surface area contributed by atoms with Crippen LogP contribution >= 0.6 is 0 Å². The van der Waals surface area contributed by atoms with Crippen molar-refractivity contribution in [1.29, 1.82) is 0 Å². The number of nitrogens with one attached hydrogen (secondary N) is 1. The lowest BCUT2D eigenvalue weighted by atomic mass is 9.99. The number of nitrogens with zero attached hydrogens (tertiary/aromatic N) is 6. The summed E-state index contributed by atoms with van der Waals surface area (Å²) in [5.74, 6) is 1.65. The number of amides is 2. The average molecular weight is 490 g/mol. The summed E-state index contributed by atoms with van der Waals surface area (Å²) in [6.07, 6.45) is 4.85. The Kier molecular flexibility index (Phi) is 6.77. The van der Waals surface area contributed by atoms with Crippen molar-refractivity contribution < 1.29 is 14.7 Å². The standard InChI is InChI=1S/C26H31N7O3/c1-16(2)12-21(34)26(36)32-11-9-17-14-27-20(13-18(17)15-32)25(35)29-22-7-5-6-19(28-22)24-31-30-23-8-3-4-10-33(23)24/h5-7,13-14,16,21,34H,3-4,8-12,15H2,1-2H3,(H,28,29,35)/t21-/m0/s1. The fraction of sp³-hybridized carbons (Fsp3) is 0.462. The highest BCUT2D eigenvalue weighted by Gasteiger charge is 2.27. The maximum Gasteiger partial charge on any atom is 0.275 e. The first-order valence-electron chi connectivity index (χ1n) is 12.5. The molecule has 5 rings (SSSR count). The van der Waals surface area contributed by atoms with Crippen molar-refractivity contribution in [2.75, 3.05) is 11.9 Å². The molecule has 0 aliphatic carbocycles. The lowest BCUT2D eigenvalue weighted by molar-refractivity contribution is -0.141. The molecule has 10 heteroatoms. The number of anilines is 1. The van der Waals surface area contributed by atoms with Crippen molar-refractivity contribution in [2.24, 2.45) is 5.92 Å². The van der Waals surface area contributed by atoms with E-state index >= 15 is 0 Å². The summed E-state index contributed by atoms with van der Waals surface area (Å²) < 4.78 is 2.09. The average Bonchev–Trinajstić information content (AvgIpc) is 3.31. The van der Waals surface area contributed by atoms with Gasteiger partial charge in [0.1, 0.15) is 29.1 Å². The number of hydrogen-bond acceptors (Lipinski definition) is 7. The predicted molar refractivity (Wildman–Crippen MR) is 133 cm³/mol. The van der Waals surface area contributed by atoms with E-state index in [4.69, 9.17) is 0 Å². The molecular formula is C26H31N7O3. The first kappa shape index (κ1) is 24.1. The van der Waals surface area contributed by atoms with Crippen LogP contribution in [0.1, 0.15) is 60.5 Å². The third-order valence-corrected chi connectivity index (χ3v) is 6.70. The monoisotopic (exact) mass is 489 g/mol. The quantitative estimate of drug-likeness (QED) is 0.545. The van der Waals surface area contributed by atoms with Gasteiger partial charge in [-0.25, -0.2) is 4.98 Å². The maximum atomic E-state index is 13.0. The summed E-state index contributed by atoms with van der Waals surface area (Å²) in [6, 6.07) is 7.13. The van der Waals surface area contributed by atoms with E-state index in [1.807, 2.05) is 26.0 Å². The molecule has 2 N–H and O–H groups in total. The molecule has 3 aromatic rings. The highest BCUT2D eigenvalue weighted by molar-refractivity contribution is 6.02. The molecule has 0 radical (unpaired) electrons. The highest BCUT2D eigenvalue weighted by atomic mass is 16.3. The molecule has 10 nitrogen and oxygen atoms in total. The van der Waals surface area contributed by atoms with E-state index in [0.29, 0.717) is 43.3 Å². The SMILES string of the molecule is CC(C)C[C@H](O)C(=O)N1CCc2cnc(C(=O)Nc3cccc(-c4nnc5n4CCCC5)n3)cc2C1. The molecule has 0 aromatic carbocycles. The number of carbonyl (C=O) groups is 2. The zero-order valence-electron chi connectivity index (χ0n) is 20.6. The summed E-state index contributed by atoms with van der Waals surface area (Å²) in [4.78, 5) is 36.3. The minimum absolute atomic E-state index is 0.225. The van der Waals surface area contributed by atoms with Crippen LogP contribution in [0.2, 0.25) is 0 Å². The number of rotatable bonds is 6. The van der Waals surface area contributed by atoms with Crippen molar-refractivity contribution in [3.05, 3.63) is 53.1 Å². The van der Waals surface area contributed by atoms with E-state index in [0.717, 1.165) is 42.8 Å². The van der Waals surface area contributed by atoms with Gasteiger partial charge in [0.05, 0.1) is 0 Å². The minimum atomic E-state index is -1.01. The molecule has 0 unspecified atom stereocenters. The molecular weight excluding hydrogens is 458 g/mol. The summed E-state index contributed by atoms with van der Waals surface area (Å²) in [7, 11) is 0. The Hall–Kier alpha value is -3.66. The van der Waals surface area contributed by atoms with Crippen LogP contribution in [0, 0.1) is 5.92 Å². The van der Waals surface area contributed by atoms with Gasteiger partial charge in [-0.3, -0.25) is 14.6 Å². The predicted octanol–water partition coefficient (Wildman–Crippen LogP) is 2.62. The van der Waals surface area contributed by atoms with Crippen LogP contribution in [0.5, 0.6) is 0 Å². The smallest absolute Gasteiger partial charge is 0.275 e. The number of aliphatic hydroxyl groups is 1. The number of fused-ring (bicyclic) bond motifs is 2. The Morgan fingerprint density at radius 2 is 1.97 bits per heavy atom. The van der Waals surface area contributed by atoms with Crippen molar-refractivity contribution in [3.63, 3.8) is 0 Å². The highest BCUT2D eigenvalue weighted by Crippen LogP contribution is 2.24. The van der Waals surface area contributed by atoms with Crippen molar-refractivity contribution >= 4 is 17.6 Å². The Morgan fingerprint density at radius 3 is 2.81 bits per heavy atom. The van der Waals surface area contributed by atoms with Gasteiger partial charge in [0.2, 0.25) is 0 Å². The van der Waals surface area contributed by atoms with E-state index in [2.05, 4.69) is 30.0 Å². The number of pyridine rings is 2. The normalized spacial score (nSPS) is 15.8. The minimum Gasteiger partial charge on any atom is -0.383 e. The van der Waals surface area contributed by atoms with Crippen molar-refractivity contribution in [1.82, 2.24) is 29.6 Å². The molecule has 0 saturated carbocycles. The lowest BCUT2D eigenvalue weighted by Gasteiger charge is -2.30.